The second-order valence-corrected chi connectivity index (χ2v) is 4.03. The molecule has 0 atom stereocenters. The first kappa shape index (κ1) is 14.1. The molecular formula is C12H17N3O3. The first-order chi connectivity index (χ1) is 8.54. The maximum Gasteiger partial charge on any atom is 0.270 e. The van der Waals surface area contributed by atoms with Crippen LogP contribution in [0.4, 0.5) is 5.69 Å². The third-order valence-corrected chi connectivity index (χ3v) is 2.42. The van der Waals surface area contributed by atoms with Gasteiger partial charge in [0, 0.05) is 24.2 Å². The van der Waals surface area contributed by atoms with Crippen molar-refractivity contribution < 1.29 is 9.72 Å². The summed E-state index contributed by atoms with van der Waals surface area (Å²) in [6.45, 7) is 3.08. The summed E-state index contributed by atoms with van der Waals surface area (Å²) >= 11 is 0. The Labute approximate surface area is 106 Å². The molecule has 0 fully saturated rings. The Morgan fingerprint density at radius 1 is 1.33 bits per heavy atom. The molecule has 0 bridgehead atoms. The number of nitro benzene ring substituents is 1. The summed E-state index contributed by atoms with van der Waals surface area (Å²) in [5.41, 5.74) is 0.964. The summed E-state index contributed by atoms with van der Waals surface area (Å²) in [5, 5.41) is 16.4. The van der Waals surface area contributed by atoms with Crippen molar-refractivity contribution in [1.29, 1.82) is 0 Å². The smallest absolute Gasteiger partial charge is 0.270 e. The third-order valence-electron chi connectivity index (χ3n) is 2.42. The average Bonchev–Trinajstić information content (AvgIpc) is 2.33. The van der Waals surface area contributed by atoms with Gasteiger partial charge in [0.1, 0.15) is 0 Å². The number of nitro groups is 1. The van der Waals surface area contributed by atoms with E-state index in [-0.39, 0.29) is 11.6 Å². The molecule has 6 heteroatoms. The Kier molecular flexibility index (Phi) is 5.26. The van der Waals surface area contributed by atoms with Crippen molar-refractivity contribution in [2.45, 2.75) is 13.3 Å². The Hall–Kier alpha value is -1.95. The predicted molar refractivity (Wildman–Crippen MR) is 68.7 cm³/mol. The molecule has 1 aromatic rings. The van der Waals surface area contributed by atoms with Crippen LogP contribution in [0, 0.1) is 17.0 Å². The molecule has 18 heavy (non-hydrogen) atoms. The van der Waals surface area contributed by atoms with E-state index in [9.17, 15) is 14.9 Å². The minimum absolute atomic E-state index is 0.0598. The second kappa shape index (κ2) is 6.70. The van der Waals surface area contributed by atoms with Gasteiger partial charge in [0.2, 0.25) is 0 Å². The fourth-order valence-electron chi connectivity index (χ4n) is 1.57. The van der Waals surface area contributed by atoms with Crippen molar-refractivity contribution >= 4 is 11.6 Å². The lowest BCUT2D eigenvalue weighted by atomic mass is 10.1. The van der Waals surface area contributed by atoms with Gasteiger partial charge in [-0.05, 0) is 38.6 Å². The molecule has 0 aliphatic heterocycles. The minimum Gasteiger partial charge on any atom is -0.352 e. The molecule has 0 heterocycles. The Morgan fingerprint density at radius 3 is 2.67 bits per heavy atom. The van der Waals surface area contributed by atoms with Crippen LogP contribution in [-0.4, -0.2) is 31.0 Å². The van der Waals surface area contributed by atoms with Crippen LogP contribution in [0.15, 0.2) is 18.2 Å². The summed E-state index contributed by atoms with van der Waals surface area (Å²) < 4.78 is 0. The summed E-state index contributed by atoms with van der Waals surface area (Å²) in [4.78, 5) is 22.0. The zero-order valence-electron chi connectivity index (χ0n) is 10.5. The molecular weight excluding hydrogens is 234 g/mol. The lowest BCUT2D eigenvalue weighted by Crippen LogP contribution is -2.26. The highest BCUT2D eigenvalue weighted by molar-refractivity contribution is 5.95. The Balaban J connectivity index is 2.70. The quantitative estimate of drug-likeness (QED) is 0.452. The van der Waals surface area contributed by atoms with Crippen molar-refractivity contribution in [2.24, 2.45) is 0 Å². The molecule has 6 nitrogen and oxygen atoms in total. The van der Waals surface area contributed by atoms with Crippen LogP contribution >= 0.6 is 0 Å². The van der Waals surface area contributed by atoms with Crippen LogP contribution in [0.5, 0.6) is 0 Å². The first-order valence-corrected chi connectivity index (χ1v) is 5.73. The monoisotopic (exact) mass is 251 g/mol. The number of carbonyl (C=O) groups is 1. The number of nitrogens with zero attached hydrogens (tertiary/aromatic N) is 1. The van der Waals surface area contributed by atoms with E-state index in [0.717, 1.165) is 13.0 Å². The largest absolute Gasteiger partial charge is 0.352 e. The highest BCUT2D eigenvalue weighted by Crippen LogP contribution is 2.16. The molecule has 0 saturated carbocycles. The van der Waals surface area contributed by atoms with E-state index < -0.39 is 4.92 Å². The topological polar surface area (TPSA) is 84.3 Å². The van der Waals surface area contributed by atoms with E-state index in [0.29, 0.717) is 17.7 Å². The number of hydrogen-bond donors (Lipinski definition) is 2. The lowest BCUT2D eigenvalue weighted by molar-refractivity contribution is -0.384. The van der Waals surface area contributed by atoms with Crippen LogP contribution in [0.25, 0.3) is 0 Å². The van der Waals surface area contributed by atoms with Gasteiger partial charge in [0.25, 0.3) is 11.6 Å². The van der Waals surface area contributed by atoms with Gasteiger partial charge in [-0.2, -0.15) is 0 Å². The van der Waals surface area contributed by atoms with Crippen molar-refractivity contribution in [3.05, 3.63) is 39.4 Å². The van der Waals surface area contributed by atoms with Gasteiger partial charge in [0.15, 0.2) is 0 Å². The molecule has 0 spiro atoms. The summed E-state index contributed by atoms with van der Waals surface area (Å²) in [5.74, 6) is -0.280. The highest BCUT2D eigenvalue weighted by Gasteiger charge is 2.12. The molecule has 1 rings (SSSR count). The number of carbonyl (C=O) groups excluding carboxylic acids is 1. The number of amides is 1. The van der Waals surface area contributed by atoms with E-state index in [4.69, 9.17) is 0 Å². The molecule has 0 aromatic heterocycles. The summed E-state index contributed by atoms with van der Waals surface area (Å²) in [6, 6.07) is 4.37. The van der Waals surface area contributed by atoms with Crippen LogP contribution in [-0.2, 0) is 0 Å². The zero-order valence-corrected chi connectivity index (χ0v) is 10.5. The number of hydrogen-bond acceptors (Lipinski definition) is 4. The fraction of sp³-hybridized carbons (Fsp3) is 0.417. The van der Waals surface area contributed by atoms with Crippen LogP contribution in [0.2, 0.25) is 0 Å². The van der Waals surface area contributed by atoms with Gasteiger partial charge in [-0.3, -0.25) is 14.9 Å². The predicted octanol–water partition coefficient (Wildman–Crippen LogP) is 1.24. The van der Waals surface area contributed by atoms with Gasteiger partial charge in [-0.1, -0.05) is 0 Å². The van der Waals surface area contributed by atoms with Gasteiger partial charge in [-0.15, -0.1) is 0 Å². The molecule has 0 radical (unpaired) electrons. The van der Waals surface area contributed by atoms with Gasteiger partial charge in [-0.25, -0.2) is 0 Å². The number of aryl methyl sites for hydroxylation is 1. The average molecular weight is 251 g/mol. The lowest BCUT2D eigenvalue weighted by Gasteiger charge is -2.05. The Morgan fingerprint density at radius 2 is 2.06 bits per heavy atom. The number of rotatable bonds is 6. The molecule has 0 saturated heterocycles. The number of non-ortho nitro benzene ring substituents is 1. The molecule has 0 unspecified atom stereocenters. The van der Waals surface area contributed by atoms with Crippen LogP contribution < -0.4 is 10.6 Å². The molecule has 0 aliphatic rings. The molecule has 2 N–H and O–H groups in total. The maximum atomic E-state index is 11.8. The maximum absolute atomic E-state index is 11.8. The standard InChI is InChI=1S/C12H17N3O3/c1-9-6-10(8-11(7-9)15(17)18)12(16)14-5-3-4-13-2/h6-8,13H,3-5H2,1-2H3,(H,14,16). The van der Waals surface area contributed by atoms with Crippen molar-refractivity contribution in [1.82, 2.24) is 10.6 Å². The highest BCUT2D eigenvalue weighted by atomic mass is 16.6. The van der Waals surface area contributed by atoms with E-state index >= 15 is 0 Å². The van der Waals surface area contributed by atoms with E-state index in [2.05, 4.69) is 10.6 Å². The second-order valence-electron chi connectivity index (χ2n) is 4.03. The summed E-state index contributed by atoms with van der Waals surface area (Å²) in [6.07, 6.45) is 0.816. The van der Waals surface area contributed by atoms with E-state index in [1.54, 1.807) is 13.0 Å². The van der Waals surface area contributed by atoms with E-state index in [1.807, 2.05) is 7.05 Å². The Bertz CT molecular complexity index is 446. The third kappa shape index (κ3) is 4.14. The van der Waals surface area contributed by atoms with Gasteiger partial charge >= 0.3 is 0 Å². The normalized spacial score (nSPS) is 10.1. The summed E-state index contributed by atoms with van der Waals surface area (Å²) in [7, 11) is 1.84. The van der Waals surface area contributed by atoms with E-state index in [1.165, 1.54) is 12.1 Å². The number of nitrogens with one attached hydrogen (secondary N) is 2. The van der Waals surface area contributed by atoms with Crippen molar-refractivity contribution in [3.63, 3.8) is 0 Å². The van der Waals surface area contributed by atoms with Crippen molar-refractivity contribution in [3.8, 4) is 0 Å². The molecule has 1 amide bonds. The van der Waals surface area contributed by atoms with Crippen molar-refractivity contribution in [2.75, 3.05) is 20.1 Å². The fourth-order valence-corrected chi connectivity index (χ4v) is 1.57. The first-order valence-electron chi connectivity index (χ1n) is 5.73. The number of benzene rings is 1. The minimum atomic E-state index is -0.495. The van der Waals surface area contributed by atoms with Crippen LogP contribution in [0.1, 0.15) is 22.3 Å². The molecule has 0 aliphatic carbocycles. The van der Waals surface area contributed by atoms with Gasteiger partial charge < -0.3 is 10.6 Å². The molecule has 1 aromatic carbocycles. The zero-order chi connectivity index (χ0) is 13.5. The molecule has 98 valence electrons. The van der Waals surface area contributed by atoms with Gasteiger partial charge in [0.05, 0.1) is 4.92 Å². The van der Waals surface area contributed by atoms with Crippen LogP contribution in [0.3, 0.4) is 0 Å². The SMILES string of the molecule is CNCCCNC(=O)c1cc(C)cc([N+](=O)[O-])c1.